The van der Waals surface area contributed by atoms with Crippen molar-refractivity contribution in [2.75, 3.05) is 13.2 Å². The molecule has 0 saturated heterocycles. The number of amides is 1. The van der Waals surface area contributed by atoms with Gasteiger partial charge >= 0.3 is 6.61 Å². The molecule has 1 aromatic rings. The molecular formula is C15H21F2NO3. The molecule has 1 amide bonds. The fourth-order valence-electron chi connectivity index (χ4n) is 2.12. The maximum absolute atomic E-state index is 12.3. The first kappa shape index (κ1) is 17.4. The quantitative estimate of drug-likeness (QED) is 0.737. The summed E-state index contributed by atoms with van der Waals surface area (Å²) in [6.45, 7) is -0.485. The van der Waals surface area contributed by atoms with Crippen LogP contribution >= 0.6 is 0 Å². The minimum atomic E-state index is -2.97. The molecule has 0 aliphatic rings. The van der Waals surface area contributed by atoms with Crippen LogP contribution in [0, 0.1) is 5.92 Å². The third-order valence-electron chi connectivity index (χ3n) is 3.13. The SMILES string of the molecule is CCCC(CCO)CNC(=O)c1ccccc1OC(F)F. The number of ether oxygens (including phenoxy) is 1. The van der Waals surface area contributed by atoms with Gasteiger partial charge in [-0.15, -0.1) is 0 Å². The molecular weight excluding hydrogens is 280 g/mol. The summed E-state index contributed by atoms with van der Waals surface area (Å²) >= 11 is 0. The van der Waals surface area contributed by atoms with Crippen molar-refractivity contribution in [1.29, 1.82) is 0 Å². The lowest BCUT2D eigenvalue weighted by atomic mass is 10.00. The Hall–Kier alpha value is -1.69. The van der Waals surface area contributed by atoms with Crippen LogP contribution in [0.3, 0.4) is 0 Å². The fraction of sp³-hybridized carbons (Fsp3) is 0.533. The van der Waals surface area contributed by atoms with Crippen molar-refractivity contribution in [2.45, 2.75) is 32.8 Å². The highest BCUT2D eigenvalue weighted by atomic mass is 19.3. The van der Waals surface area contributed by atoms with Gasteiger partial charge in [0.15, 0.2) is 0 Å². The van der Waals surface area contributed by atoms with Crippen molar-refractivity contribution in [3.8, 4) is 5.75 Å². The number of aliphatic hydroxyl groups is 1. The average Bonchev–Trinajstić information content (AvgIpc) is 2.45. The molecule has 0 aromatic heterocycles. The van der Waals surface area contributed by atoms with Crippen LogP contribution in [0.4, 0.5) is 8.78 Å². The molecule has 4 nitrogen and oxygen atoms in total. The summed E-state index contributed by atoms with van der Waals surface area (Å²) in [5, 5.41) is 11.7. The second-order valence-electron chi connectivity index (χ2n) is 4.75. The highest BCUT2D eigenvalue weighted by Gasteiger charge is 2.16. The van der Waals surface area contributed by atoms with E-state index in [0.29, 0.717) is 13.0 Å². The van der Waals surface area contributed by atoms with Gasteiger partial charge in [-0.2, -0.15) is 8.78 Å². The zero-order valence-corrected chi connectivity index (χ0v) is 12.0. The predicted molar refractivity (Wildman–Crippen MR) is 75.5 cm³/mol. The van der Waals surface area contributed by atoms with Crippen LogP contribution < -0.4 is 10.1 Å². The summed E-state index contributed by atoms with van der Waals surface area (Å²) < 4.78 is 28.9. The van der Waals surface area contributed by atoms with E-state index in [9.17, 15) is 13.6 Å². The van der Waals surface area contributed by atoms with Crippen molar-refractivity contribution in [1.82, 2.24) is 5.32 Å². The number of rotatable bonds is 9. The van der Waals surface area contributed by atoms with Crippen LogP contribution in [-0.2, 0) is 0 Å². The molecule has 0 saturated carbocycles. The normalized spacial score (nSPS) is 12.2. The Bertz CT molecular complexity index is 435. The number of para-hydroxylation sites is 1. The van der Waals surface area contributed by atoms with E-state index in [1.807, 2.05) is 6.92 Å². The summed E-state index contributed by atoms with van der Waals surface area (Å²) in [6, 6.07) is 5.89. The maximum Gasteiger partial charge on any atom is 0.387 e. The average molecular weight is 301 g/mol. The topological polar surface area (TPSA) is 58.6 Å². The molecule has 0 heterocycles. The highest BCUT2D eigenvalue weighted by molar-refractivity contribution is 5.96. The number of carbonyl (C=O) groups is 1. The van der Waals surface area contributed by atoms with E-state index >= 15 is 0 Å². The van der Waals surface area contributed by atoms with Gasteiger partial charge in [0.1, 0.15) is 5.75 Å². The zero-order valence-electron chi connectivity index (χ0n) is 12.0. The molecule has 0 fully saturated rings. The van der Waals surface area contributed by atoms with E-state index in [-0.39, 0.29) is 23.8 Å². The standard InChI is InChI=1S/C15H21F2NO3/c1-2-5-11(8-9-19)10-18-14(20)12-6-3-4-7-13(12)21-15(16)17/h3-4,6-7,11,15,19H,2,5,8-10H2,1H3,(H,18,20). The van der Waals surface area contributed by atoms with E-state index in [1.165, 1.54) is 18.2 Å². The molecule has 0 radical (unpaired) electrons. The molecule has 0 spiro atoms. The highest BCUT2D eigenvalue weighted by Crippen LogP contribution is 2.20. The van der Waals surface area contributed by atoms with Gasteiger partial charge in [0.05, 0.1) is 5.56 Å². The molecule has 1 unspecified atom stereocenters. The van der Waals surface area contributed by atoms with Gasteiger partial charge in [0.2, 0.25) is 0 Å². The summed E-state index contributed by atoms with van der Waals surface area (Å²) in [5.74, 6) is -0.420. The fourth-order valence-corrected chi connectivity index (χ4v) is 2.12. The maximum atomic E-state index is 12.3. The van der Waals surface area contributed by atoms with E-state index in [0.717, 1.165) is 12.8 Å². The van der Waals surface area contributed by atoms with Crippen molar-refractivity contribution >= 4 is 5.91 Å². The number of benzene rings is 1. The Morgan fingerprint density at radius 1 is 1.33 bits per heavy atom. The minimum Gasteiger partial charge on any atom is -0.434 e. The van der Waals surface area contributed by atoms with Crippen molar-refractivity contribution < 1.29 is 23.4 Å². The van der Waals surface area contributed by atoms with E-state index in [2.05, 4.69) is 10.1 Å². The van der Waals surface area contributed by atoms with Crippen molar-refractivity contribution in [3.63, 3.8) is 0 Å². The monoisotopic (exact) mass is 301 g/mol. The molecule has 0 aliphatic heterocycles. The number of hydrogen-bond acceptors (Lipinski definition) is 3. The van der Waals surface area contributed by atoms with Crippen LogP contribution in [0.1, 0.15) is 36.5 Å². The molecule has 1 aromatic carbocycles. The zero-order chi connectivity index (χ0) is 15.7. The Morgan fingerprint density at radius 3 is 2.67 bits per heavy atom. The number of carbonyl (C=O) groups excluding carboxylic acids is 1. The molecule has 118 valence electrons. The molecule has 21 heavy (non-hydrogen) atoms. The van der Waals surface area contributed by atoms with Crippen LogP contribution in [0.2, 0.25) is 0 Å². The Kier molecular flexibility index (Phi) is 7.68. The first-order valence-electron chi connectivity index (χ1n) is 7.01. The van der Waals surface area contributed by atoms with Crippen LogP contribution in [0.25, 0.3) is 0 Å². The lowest BCUT2D eigenvalue weighted by molar-refractivity contribution is -0.0501. The summed E-state index contributed by atoms with van der Waals surface area (Å²) in [4.78, 5) is 12.1. The second kappa shape index (κ2) is 9.28. The Balaban J connectivity index is 2.66. The van der Waals surface area contributed by atoms with E-state index in [1.54, 1.807) is 6.07 Å². The lowest BCUT2D eigenvalue weighted by Gasteiger charge is -2.16. The lowest BCUT2D eigenvalue weighted by Crippen LogP contribution is -2.30. The molecule has 2 N–H and O–H groups in total. The minimum absolute atomic E-state index is 0.0611. The third-order valence-corrected chi connectivity index (χ3v) is 3.13. The Labute approximate surface area is 123 Å². The van der Waals surface area contributed by atoms with E-state index in [4.69, 9.17) is 5.11 Å². The molecule has 0 aliphatic carbocycles. The van der Waals surface area contributed by atoms with Crippen molar-refractivity contribution in [2.24, 2.45) is 5.92 Å². The third kappa shape index (κ3) is 6.08. The first-order chi connectivity index (χ1) is 10.1. The summed E-state index contributed by atoms with van der Waals surface area (Å²) in [7, 11) is 0. The van der Waals surface area contributed by atoms with Crippen LogP contribution in [0.15, 0.2) is 24.3 Å². The van der Waals surface area contributed by atoms with Crippen LogP contribution in [-0.4, -0.2) is 30.8 Å². The smallest absolute Gasteiger partial charge is 0.387 e. The van der Waals surface area contributed by atoms with Gasteiger partial charge in [0, 0.05) is 13.2 Å². The van der Waals surface area contributed by atoms with Crippen molar-refractivity contribution in [3.05, 3.63) is 29.8 Å². The predicted octanol–water partition coefficient (Wildman–Crippen LogP) is 2.82. The number of halogens is 2. The van der Waals surface area contributed by atoms with Gasteiger partial charge in [-0.1, -0.05) is 25.5 Å². The van der Waals surface area contributed by atoms with Gasteiger partial charge in [-0.25, -0.2) is 0 Å². The van der Waals surface area contributed by atoms with Gasteiger partial charge in [-0.3, -0.25) is 4.79 Å². The number of alkyl halides is 2. The van der Waals surface area contributed by atoms with Crippen LogP contribution in [0.5, 0.6) is 5.75 Å². The number of nitrogens with one attached hydrogen (secondary N) is 1. The molecule has 1 atom stereocenters. The first-order valence-corrected chi connectivity index (χ1v) is 7.01. The van der Waals surface area contributed by atoms with Gasteiger partial charge in [0.25, 0.3) is 5.91 Å². The van der Waals surface area contributed by atoms with Gasteiger partial charge in [-0.05, 0) is 30.9 Å². The Morgan fingerprint density at radius 2 is 2.05 bits per heavy atom. The summed E-state index contributed by atoms with van der Waals surface area (Å²) in [6.07, 6.45) is 2.44. The molecule has 6 heteroatoms. The number of hydrogen-bond donors (Lipinski definition) is 2. The second-order valence-corrected chi connectivity index (χ2v) is 4.75. The molecule has 0 bridgehead atoms. The molecule has 1 rings (SSSR count). The van der Waals surface area contributed by atoms with E-state index < -0.39 is 12.5 Å². The largest absolute Gasteiger partial charge is 0.434 e. The van der Waals surface area contributed by atoms with Gasteiger partial charge < -0.3 is 15.2 Å². The number of aliphatic hydroxyl groups excluding tert-OH is 1. The summed E-state index contributed by atoms with van der Waals surface area (Å²) in [5.41, 5.74) is 0.0806.